The van der Waals surface area contributed by atoms with Crippen LogP contribution in [0.15, 0.2) is 12.4 Å². The van der Waals surface area contributed by atoms with Crippen LogP contribution < -0.4 is 5.73 Å². The molecule has 0 radical (unpaired) electrons. The molecule has 14 heavy (non-hydrogen) atoms. The minimum absolute atomic E-state index is 0.476. The van der Waals surface area contributed by atoms with Gasteiger partial charge in [-0.05, 0) is 13.3 Å². The van der Waals surface area contributed by atoms with Crippen LogP contribution in [0.25, 0.3) is 0 Å². The molecule has 2 N–H and O–H groups in total. The van der Waals surface area contributed by atoms with E-state index in [0.717, 1.165) is 5.69 Å². The number of unbranched alkanes of at least 4 members (excludes halogenated alkanes) is 3. The van der Waals surface area contributed by atoms with Gasteiger partial charge in [0.25, 0.3) is 0 Å². The van der Waals surface area contributed by atoms with Gasteiger partial charge in [-0.15, -0.1) is 0 Å². The van der Waals surface area contributed by atoms with Crippen molar-refractivity contribution in [3.05, 3.63) is 12.4 Å². The summed E-state index contributed by atoms with van der Waals surface area (Å²) in [7, 11) is 0. The Hall–Kier alpha value is -0.990. The summed E-state index contributed by atoms with van der Waals surface area (Å²) in [4.78, 5) is 0. The molecule has 3 heteroatoms. The van der Waals surface area contributed by atoms with E-state index in [0.29, 0.717) is 6.04 Å². The third kappa shape index (κ3) is 3.40. The maximum absolute atomic E-state index is 5.61. The number of anilines is 1. The van der Waals surface area contributed by atoms with Gasteiger partial charge in [-0.25, -0.2) is 0 Å². The summed E-state index contributed by atoms with van der Waals surface area (Å²) in [6.07, 6.45) is 10.1. The number of nitrogens with two attached hydrogens (primary N) is 1. The average Bonchev–Trinajstić information content (AvgIpc) is 2.59. The maximum Gasteiger partial charge on any atom is 0.0719 e. The molecule has 0 fully saturated rings. The Labute approximate surface area is 86.3 Å². The Balaban J connectivity index is 2.25. The number of rotatable bonds is 6. The van der Waals surface area contributed by atoms with Crippen molar-refractivity contribution in [2.45, 2.75) is 52.0 Å². The summed E-state index contributed by atoms with van der Waals surface area (Å²) < 4.78 is 1.96. The number of hydrogen-bond donors (Lipinski definition) is 1. The highest BCUT2D eigenvalue weighted by molar-refractivity contribution is 5.30. The van der Waals surface area contributed by atoms with Crippen LogP contribution >= 0.6 is 0 Å². The first-order valence-corrected chi connectivity index (χ1v) is 5.53. The Kier molecular flexibility index (Phi) is 4.50. The van der Waals surface area contributed by atoms with E-state index in [4.69, 9.17) is 5.73 Å². The number of hydrogen-bond acceptors (Lipinski definition) is 2. The topological polar surface area (TPSA) is 43.8 Å². The summed E-state index contributed by atoms with van der Waals surface area (Å²) >= 11 is 0. The van der Waals surface area contributed by atoms with Crippen molar-refractivity contribution in [2.24, 2.45) is 0 Å². The van der Waals surface area contributed by atoms with Gasteiger partial charge in [-0.3, -0.25) is 4.68 Å². The van der Waals surface area contributed by atoms with Crippen molar-refractivity contribution in [1.29, 1.82) is 0 Å². The van der Waals surface area contributed by atoms with Gasteiger partial charge in [0, 0.05) is 12.2 Å². The van der Waals surface area contributed by atoms with Crippen molar-refractivity contribution < 1.29 is 0 Å². The normalized spacial score (nSPS) is 13.0. The smallest absolute Gasteiger partial charge is 0.0719 e. The molecule has 1 aromatic heterocycles. The first-order valence-electron chi connectivity index (χ1n) is 5.53. The van der Waals surface area contributed by atoms with Gasteiger partial charge >= 0.3 is 0 Å². The summed E-state index contributed by atoms with van der Waals surface area (Å²) in [6, 6.07) is 0.476. The van der Waals surface area contributed by atoms with Crippen LogP contribution in [-0.2, 0) is 0 Å². The van der Waals surface area contributed by atoms with E-state index in [-0.39, 0.29) is 0 Å². The van der Waals surface area contributed by atoms with E-state index in [1.807, 2.05) is 10.9 Å². The van der Waals surface area contributed by atoms with E-state index >= 15 is 0 Å². The van der Waals surface area contributed by atoms with Gasteiger partial charge in [0.15, 0.2) is 0 Å². The predicted molar refractivity (Wildman–Crippen MR) is 60.1 cm³/mol. The molecule has 1 aromatic rings. The lowest BCUT2D eigenvalue weighted by Crippen LogP contribution is -2.05. The molecule has 1 rings (SSSR count). The highest BCUT2D eigenvalue weighted by Gasteiger charge is 2.04. The third-order valence-corrected chi connectivity index (χ3v) is 2.55. The van der Waals surface area contributed by atoms with Crippen LogP contribution in [0.4, 0.5) is 5.69 Å². The number of nitrogen functional groups attached to an aromatic ring is 1. The predicted octanol–water partition coefficient (Wildman–Crippen LogP) is 3.00. The van der Waals surface area contributed by atoms with E-state index in [2.05, 4.69) is 18.9 Å². The summed E-state index contributed by atoms with van der Waals surface area (Å²) in [5.74, 6) is 0. The largest absolute Gasteiger partial charge is 0.396 e. The average molecular weight is 195 g/mol. The molecule has 0 saturated heterocycles. The number of aromatic nitrogens is 2. The first-order chi connectivity index (χ1) is 6.74. The molecule has 1 unspecified atom stereocenters. The van der Waals surface area contributed by atoms with Crippen LogP contribution in [0.3, 0.4) is 0 Å². The van der Waals surface area contributed by atoms with Gasteiger partial charge in [-0.1, -0.05) is 32.6 Å². The molecular weight excluding hydrogens is 174 g/mol. The summed E-state index contributed by atoms with van der Waals surface area (Å²) in [5.41, 5.74) is 6.36. The zero-order valence-electron chi connectivity index (χ0n) is 9.24. The highest BCUT2D eigenvalue weighted by Crippen LogP contribution is 2.15. The molecule has 0 aliphatic heterocycles. The lowest BCUT2D eigenvalue weighted by atomic mass is 10.1. The van der Waals surface area contributed by atoms with Crippen molar-refractivity contribution in [3.63, 3.8) is 0 Å². The monoisotopic (exact) mass is 195 g/mol. The van der Waals surface area contributed by atoms with Crippen LogP contribution in [0, 0.1) is 0 Å². The van der Waals surface area contributed by atoms with Crippen molar-refractivity contribution in [2.75, 3.05) is 5.73 Å². The Morgan fingerprint density at radius 1 is 1.43 bits per heavy atom. The molecule has 0 aromatic carbocycles. The molecule has 0 amide bonds. The Bertz CT molecular complexity index is 255. The molecule has 0 aliphatic carbocycles. The molecule has 0 aliphatic rings. The molecule has 1 atom stereocenters. The quantitative estimate of drug-likeness (QED) is 0.709. The fraction of sp³-hybridized carbons (Fsp3) is 0.727. The molecule has 3 nitrogen and oxygen atoms in total. The minimum Gasteiger partial charge on any atom is -0.396 e. The van der Waals surface area contributed by atoms with E-state index < -0.39 is 0 Å². The van der Waals surface area contributed by atoms with Gasteiger partial charge in [0.1, 0.15) is 0 Å². The fourth-order valence-corrected chi connectivity index (χ4v) is 1.59. The summed E-state index contributed by atoms with van der Waals surface area (Å²) in [6.45, 7) is 4.43. The van der Waals surface area contributed by atoms with Crippen molar-refractivity contribution in [3.8, 4) is 0 Å². The maximum atomic E-state index is 5.61. The molecule has 0 saturated carbocycles. The number of nitrogens with zero attached hydrogens (tertiary/aromatic N) is 2. The van der Waals surface area contributed by atoms with E-state index in [1.54, 1.807) is 6.20 Å². The van der Waals surface area contributed by atoms with Crippen LogP contribution in [0.2, 0.25) is 0 Å². The second-order valence-corrected chi connectivity index (χ2v) is 3.95. The second-order valence-electron chi connectivity index (χ2n) is 3.95. The van der Waals surface area contributed by atoms with Crippen LogP contribution in [0.1, 0.15) is 52.0 Å². The standard InChI is InChI=1S/C11H21N3/c1-3-4-5-6-7-10(2)14-9-11(12)8-13-14/h8-10H,3-7,12H2,1-2H3. The van der Waals surface area contributed by atoms with Gasteiger partial charge < -0.3 is 5.73 Å². The summed E-state index contributed by atoms with van der Waals surface area (Å²) in [5, 5.41) is 4.21. The van der Waals surface area contributed by atoms with Crippen molar-refractivity contribution >= 4 is 5.69 Å². The SMILES string of the molecule is CCCCCCC(C)n1cc(N)cn1. The van der Waals surface area contributed by atoms with Crippen LogP contribution in [-0.4, -0.2) is 9.78 Å². The molecular formula is C11H21N3. The van der Waals surface area contributed by atoms with Crippen molar-refractivity contribution in [1.82, 2.24) is 9.78 Å². The molecule has 1 heterocycles. The zero-order valence-corrected chi connectivity index (χ0v) is 9.24. The van der Waals surface area contributed by atoms with Gasteiger partial charge in [-0.2, -0.15) is 5.10 Å². The molecule has 0 bridgehead atoms. The Morgan fingerprint density at radius 3 is 2.79 bits per heavy atom. The van der Waals surface area contributed by atoms with Crippen LogP contribution in [0.5, 0.6) is 0 Å². The lowest BCUT2D eigenvalue weighted by Gasteiger charge is -2.11. The molecule has 80 valence electrons. The van der Waals surface area contributed by atoms with Gasteiger partial charge in [0.2, 0.25) is 0 Å². The van der Waals surface area contributed by atoms with E-state index in [1.165, 1.54) is 32.1 Å². The second kappa shape index (κ2) is 5.68. The minimum atomic E-state index is 0.476. The third-order valence-electron chi connectivity index (χ3n) is 2.55. The highest BCUT2D eigenvalue weighted by atomic mass is 15.3. The first kappa shape index (κ1) is 11.1. The zero-order chi connectivity index (χ0) is 10.4. The van der Waals surface area contributed by atoms with Gasteiger partial charge in [0.05, 0.1) is 11.9 Å². The Morgan fingerprint density at radius 2 is 2.21 bits per heavy atom. The van der Waals surface area contributed by atoms with E-state index in [9.17, 15) is 0 Å². The lowest BCUT2D eigenvalue weighted by molar-refractivity contribution is 0.436. The fourth-order valence-electron chi connectivity index (χ4n) is 1.59. The molecule has 0 spiro atoms.